The molecule has 0 aromatic heterocycles. The molecule has 1 N–H and O–H groups in total. The van der Waals surface area contributed by atoms with Crippen molar-refractivity contribution in [3.63, 3.8) is 0 Å². The molecule has 1 rings (SSSR count). The zero-order valence-electron chi connectivity index (χ0n) is 11.1. The fraction of sp³-hybridized carbons (Fsp3) is 0.385. The van der Waals surface area contributed by atoms with Gasteiger partial charge in [-0.15, -0.1) is 0 Å². The standard InChI is InChI=1S/C13H14FN3O3/c1-3-13(4-2,8-15)12(18)16-11-7-9(17(19)20)5-6-10(11)14/h5-7H,3-4H2,1-2H3,(H,16,18). The lowest BCUT2D eigenvalue weighted by molar-refractivity contribution is -0.384. The maximum absolute atomic E-state index is 13.6. The average molecular weight is 279 g/mol. The minimum atomic E-state index is -1.27. The van der Waals surface area contributed by atoms with Crippen LogP contribution in [-0.2, 0) is 4.79 Å². The van der Waals surface area contributed by atoms with Gasteiger partial charge in [-0.25, -0.2) is 4.39 Å². The summed E-state index contributed by atoms with van der Waals surface area (Å²) in [5.41, 5.74) is -1.90. The third kappa shape index (κ3) is 2.91. The van der Waals surface area contributed by atoms with Crippen LogP contribution in [0, 0.1) is 32.7 Å². The first-order valence-corrected chi connectivity index (χ1v) is 6.06. The SMILES string of the molecule is CCC(C#N)(CC)C(=O)Nc1cc([N+](=O)[O-])ccc1F. The Kier molecular flexibility index (Phi) is 4.75. The molecule has 7 heteroatoms. The fourth-order valence-electron chi connectivity index (χ4n) is 1.74. The smallest absolute Gasteiger partial charge is 0.271 e. The molecule has 1 aromatic rings. The fourth-order valence-corrected chi connectivity index (χ4v) is 1.74. The molecule has 0 spiro atoms. The molecular formula is C13H14FN3O3. The number of nitriles is 1. The number of carbonyl (C=O) groups is 1. The van der Waals surface area contributed by atoms with E-state index in [0.29, 0.717) is 0 Å². The Hall–Kier alpha value is -2.49. The van der Waals surface area contributed by atoms with Crippen molar-refractivity contribution in [3.8, 4) is 6.07 Å². The summed E-state index contributed by atoms with van der Waals surface area (Å²) >= 11 is 0. The van der Waals surface area contributed by atoms with Gasteiger partial charge in [-0.05, 0) is 18.9 Å². The molecule has 106 valence electrons. The monoisotopic (exact) mass is 279 g/mol. The van der Waals surface area contributed by atoms with Crippen molar-refractivity contribution in [2.24, 2.45) is 5.41 Å². The molecular weight excluding hydrogens is 265 g/mol. The number of amides is 1. The number of non-ortho nitro benzene ring substituents is 1. The number of nitro groups is 1. The Morgan fingerprint density at radius 3 is 2.55 bits per heavy atom. The minimum Gasteiger partial charge on any atom is -0.322 e. The highest BCUT2D eigenvalue weighted by atomic mass is 19.1. The summed E-state index contributed by atoms with van der Waals surface area (Å²) in [6.45, 7) is 3.35. The number of anilines is 1. The predicted molar refractivity (Wildman–Crippen MR) is 70.3 cm³/mol. The molecule has 0 radical (unpaired) electrons. The van der Waals surface area contributed by atoms with Crippen LogP contribution in [0.3, 0.4) is 0 Å². The summed E-state index contributed by atoms with van der Waals surface area (Å²) in [4.78, 5) is 22.0. The van der Waals surface area contributed by atoms with Crippen LogP contribution in [0.4, 0.5) is 15.8 Å². The third-order valence-electron chi connectivity index (χ3n) is 3.26. The van der Waals surface area contributed by atoms with E-state index in [2.05, 4.69) is 5.32 Å². The van der Waals surface area contributed by atoms with E-state index in [4.69, 9.17) is 5.26 Å². The number of rotatable bonds is 5. The molecule has 1 amide bonds. The molecule has 0 unspecified atom stereocenters. The van der Waals surface area contributed by atoms with Crippen molar-refractivity contribution in [1.29, 1.82) is 5.26 Å². The highest BCUT2D eigenvalue weighted by Gasteiger charge is 2.35. The van der Waals surface area contributed by atoms with E-state index in [1.807, 2.05) is 6.07 Å². The Bertz CT molecular complexity index is 577. The lowest BCUT2D eigenvalue weighted by Crippen LogP contribution is -2.34. The van der Waals surface area contributed by atoms with E-state index >= 15 is 0 Å². The number of hydrogen-bond acceptors (Lipinski definition) is 4. The highest BCUT2D eigenvalue weighted by molar-refractivity contribution is 5.97. The van der Waals surface area contributed by atoms with Crippen LogP contribution in [-0.4, -0.2) is 10.8 Å². The second-order valence-electron chi connectivity index (χ2n) is 4.28. The molecule has 0 bridgehead atoms. The number of nitro benzene ring substituents is 1. The predicted octanol–water partition coefficient (Wildman–Crippen LogP) is 3.00. The van der Waals surface area contributed by atoms with Gasteiger partial charge in [0.25, 0.3) is 5.69 Å². The van der Waals surface area contributed by atoms with Crippen molar-refractivity contribution in [1.82, 2.24) is 0 Å². The minimum absolute atomic E-state index is 0.266. The molecule has 20 heavy (non-hydrogen) atoms. The number of nitrogens with one attached hydrogen (secondary N) is 1. The molecule has 0 aliphatic rings. The van der Waals surface area contributed by atoms with E-state index in [-0.39, 0.29) is 24.2 Å². The second kappa shape index (κ2) is 6.10. The lowest BCUT2D eigenvalue weighted by atomic mass is 9.83. The number of halogens is 1. The normalized spacial score (nSPS) is 10.7. The van der Waals surface area contributed by atoms with Crippen molar-refractivity contribution in [2.75, 3.05) is 5.32 Å². The van der Waals surface area contributed by atoms with Crippen LogP contribution in [0.2, 0.25) is 0 Å². The number of nitrogens with zero attached hydrogens (tertiary/aromatic N) is 2. The van der Waals surface area contributed by atoms with E-state index in [0.717, 1.165) is 18.2 Å². The molecule has 1 aromatic carbocycles. The van der Waals surface area contributed by atoms with Gasteiger partial charge in [0.2, 0.25) is 5.91 Å². The van der Waals surface area contributed by atoms with Gasteiger partial charge in [-0.2, -0.15) is 5.26 Å². The molecule has 0 atom stereocenters. The van der Waals surface area contributed by atoms with Crippen molar-refractivity contribution < 1.29 is 14.1 Å². The summed E-state index contributed by atoms with van der Waals surface area (Å²) in [5, 5.41) is 22.0. The Balaban J connectivity index is 3.10. The summed E-state index contributed by atoms with van der Waals surface area (Å²) in [6.07, 6.45) is 0.532. The Morgan fingerprint density at radius 2 is 2.10 bits per heavy atom. The number of carbonyl (C=O) groups excluding carboxylic acids is 1. The van der Waals surface area contributed by atoms with Crippen molar-refractivity contribution in [2.45, 2.75) is 26.7 Å². The first kappa shape index (κ1) is 15.6. The van der Waals surface area contributed by atoms with E-state index in [1.54, 1.807) is 13.8 Å². The van der Waals surface area contributed by atoms with Crippen LogP contribution in [0.5, 0.6) is 0 Å². The first-order chi connectivity index (χ1) is 9.40. The van der Waals surface area contributed by atoms with Gasteiger partial charge in [0.15, 0.2) is 0 Å². The van der Waals surface area contributed by atoms with Gasteiger partial charge >= 0.3 is 0 Å². The number of benzene rings is 1. The topological polar surface area (TPSA) is 96.0 Å². The zero-order chi connectivity index (χ0) is 15.3. The van der Waals surface area contributed by atoms with Crippen LogP contribution < -0.4 is 5.32 Å². The van der Waals surface area contributed by atoms with Gasteiger partial charge in [0.1, 0.15) is 11.2 Å². The Labute approximate surface area is 115 Å². The molecule has 0 aliphatic heterocycles. The van der Waals surface area contributed by atoms with E-state index < -0.39 is 22.1 Å². The largest absolute Gasteiger partial charge is 0.322 e. The van der Waals surface area contributed by atoms with Crippen LogP contribution >= 0.6 is 0 Å². The van der Waals surface area contributed by atoms with Crippen LogP contribution in [0.25, 0.3) is 0 Å². The third-order valence-corrected chi connectivity index (χ3v) is 3.26. The Morgan fingerprint density at radius 1 is 1.50 bits per heavy atom. The van der Waals surface area contributed by atoms with Gasteiger partial charge in [0.05, 0.1) is 16.7 Å². The maximum atomic E-state index is 13.6. The van der Waals surface area contributed by atoms with Crippen molar-refractivity contribution >= 4 is 17.3 Å². The summed E-state index contributed by atoms with van der Waals surface area (Å²) < 4.78 is 13.6. The number of hydrogen-bond donors (Lipinski definition) is 1. The lowest BCUT2D eigenvalue weighted by Gasteiger charge is -2.22. The maximum Gasteiger partial charge on any atom is 0.271 e. The second-order valence-corrected chi connectivity index (χ2v) is 4.28. The highest BCUT2D eigenvalue weighted by Crippen LogP contribution is 2.29. The van der Waals surface area contributed by atoms with Gasteiger partial charge in [-0.3, -0.25) is 14.9 Å². The molecule has 0 saturated carbocycles. The van der Waals surface area contributed by atoms with Crippen molar-refractivity contribution in [3.05, 3.63) is 34.1 Å². The summed E-state index contributed by atoms with van der Waals surface area (Å²) in [5.74, 6) is -1.45. The molecule has 6 nitrogen and oxygen atoms in total. The van der Waals surface area contributed by atoms with E-state index in [9.17, 15) is 19.3 Å². The van der Waals surface area contributed by atoms with Gasteiger partial charge in [-0.1, -0.05) is 13.8 Å². The first-order valence-electron chi connectivity index (χ1n) is 6.06. The molecule has 0 fully saturated rings. The van der Waals surface area contributed by atoms with E-state index in [1.165, 1.54) is 0 Å². The van der Waals surface area contributed by atoms with Crippen LogP contribution in [0.15, 0.2) is 18.2 Å². The van der Waals surface area contributed by atoms with Crippen LogP contribution in [0.1, 0.15) is 26.7 Å². The zero-order valence-corrected chi connectivity index (χ0v) is 11.1. The van der Waals surface area contributed by atoms with Gasteiger partial charge in [0, 0.05) is 12.1 Å². The summed E-state index contributed by atoms with van der Waals surface area (Å²) in [6, 6.07) is 4.76. The van der Waals surface area contributed by atoms with Gasteiger partial charge < -0.3 is 5.32 Å². The summed E-state index contributed by atoms with van der Waals surface area (Å²) in [7, 11) is 0. The molecule has 0 saturated heterocycles. The quantitative estimate of drug-likeness (QED) is 0.661. The molecule has 0 heterocycles. The average Bonchev–Trinajstić information content (AvgIpc) is 2.43. The molecule has 0 aliphatic carbocycles.